The monoisotopic (exact) mass is 482 g/mol. The average Bonchev–Trinajstić information content (AvgIpc) is 3.09. The van der Waals surface area contributed by atoms with Crippen molar-refractivity contribution in [3.8, 4) is 5.75 Å². The average molecular weight is 483 g/mol. The molecule has 1 N–H and O–H groups in total. The zero-order chi connectivity index (χ0) is 22.9. The number of nitrogens with zero attached hydrogens (tertiary/aromatic N) is 2. The molecule has 172 valence electrons. The lowest BCUT2D eigenvalue weighted by Crippen LogP contribution is -2.41. The summed E-state index contributed by atoms with van der Waals surface area (Å²) in [5.41, 5.74) is 1.64. The van der Waals surface area contributed by atoms with Crippen LogP contribution in [0.5, 0.6) is 5.75 Å². The summed E-state index contributed by atoms with van der Waals surface area (Å²) in [4.78, 5) is 29.0. The van der Waals surface area contributed by atoms with E-state index in [0.717, 1.165) is 36.8 Å². The Morgan fingerprint density at radius 1 is 1.12 bits per heavy atom. The first-order valence-corrected chi connectivity index (χ1v) is 12.6. The molecule has 1 aromatic carbocycles. The van der Waals surface area contributed by atoms with E-state index < -0.39 is 11.2 Å². The van der Waals surface area contributed by atoms with Crippen LogP contribution in [0.25, 0.3) is 6.08 Å². The lowest BCUT2D eigenvalue weighted by Gasteiger charge is -2.42. The van der Waals surface area contributed by atoms with E-state index in [9.17, 15) is 14.7 Å². The number of amides is 1. The molecule has 0 radical (unpaired) electrons. The van der Waals surface area contributed by atoms with Crippen molar-refractivity contribution in [1.29, 1.82) is 0 Å². The highest BCUT2D eigenvalue weighted by Gasteiger charge is 2.33. The van der Waals surface area contributed by atoms with Gasteiger partial charge in [-0.2, -0.15) is 0 Å². The van der Waals surface area contributed by atoms with E-state index in [1.807, 2.05) is 18.2 Å². The summed E-state index contributed by atoms with van der Waals surface area (Å²) in [5, 5.41) is 9.34. The van der Waals surface area contributed by atoms with Crippen molar-refractivity contribution < 1.29 is 14.3 Å². The minimum atomic E-state index is -0.551. The van der Waals surface area contributed by atoms with Crippen molar-refractivity contribution in [3.63, 3.8) is 0 Å². The van der Waals surface area contributed by atoms with Crippen molar-refractivity contribution in [2.75, 3.05) is 18.0 Å². The van der Waals surface area contributed by atoms with E-state index in [1.165, 1.54) is 60.5 Å². The number of aromatic hydroxyl groups is 1. The number of thiocarbonyl (C=S) groups is 1. The lowest BCUT2D eigenvalue weighted by molar-refractivity contribution is -0.122. The van der Waals surface area contributed by atoms with Crippen LogP contribution in [0.3, 0.4) is 0 Å². The second-order valence-corrected chi connectivity index (χ2v) is 10.7. The largest absolute Gasteiger partial charge is 0.502 e. The number of rotatable bonds is 4. The number of anilines is 1. The third-order valence-electron chi connectivity index (χ3n) is 6.90. The molecule has 33 heavy (non-hydrogen) atoms. The van der Waals surface area contributed by atoms with Gasteiger partial charge in [0.2, 0.25) is 5.43 Å². The van der Waals surface area contributed by atoms with E-state index in [-0.39, 0.29) is 18.2 Å². The molecule has 2 saturated heterocycles. The molecule has 5 rings (SSSR count). The van der Waals surface area contributed by atoms with Gasteiger partial charge in [0.1, 0.15) is 16.3 Å². The quantitative estimate of drug-likeness (QED) is 0.497. The molecule has 2 aliphatic heterocycles. The van der Waals surface area contributed by atoms with E-state index in [1.54, 1.807) is 0 Å². The van der Waals surface area contributed by atoms with Crippen LogP contribution in [0.2, 0.25) is 0 Å². The number of carbonyl (C=O) groups excluding carboxylic acids is 1. The highest BCUT2D eigenvalue weighted by molar-refractivity contribution is 8.26. The number of carbonyl (C=O) groups is 1. The summed E-state index contributed by atoms with van der Waals surface area (Å²) in [6.45, 7) is 2.32. The number of hydrogen-bond donors (Lipinski definition) is 1. The van der Waals surface area contributed by atoms with Gasteiger partial charge in [0, 0.05) is 24.8 Å². The summed E-state index contributed by atoms with van der Waals surface area (Å²) in [5.74, 6) is 1.32. The number of hydrogen-bond acceptors (Lipinski definition) is 7. The predicted molar refractivity (Wildman–Crippen MR) is 134 cm³/mol. The smallest absolute Gasteiger partial charge is 0.266 e. The van der Waals surface area contributed by atoms with Crippen molar-refractivity contribution >= 4 is 46.0 Å². The highest BCUT2D eigenvalue weighted by Crippen LogP contribution is 2.38. The van der Waals surface area contributed by atoms with Gasteiger partial charge in [0.25, 0.3) is 5.91 Å². The Labute approximate surface area is 202 Å². The first kappa shape index (κ1) is 22.2. The molecule has 1 aliphatic carbocycles. The van der Waals surface area contributed by atoms with E-state index in [0.29, 0.717) is 9.23 Å². The van der Waals surface area contributed by atoms with Crippen molar-refractivity contribution in [1.82, 2.24) is 4.90 Å². The van der Waals surface area contributed by atoms with Gasteiger partial charge in [0.15, 0.2) is 5.75 Å². The van der Waals surface area contributed by atoms with E-state index in [4.69, 9.17) is 16.6 Å². The summed E-state index contributed by atoms with van der Waals surface area (Å²) < 4.78 is 5.63. The molecule has 1 aromatic heterocycles. The van der Waals surface area contributed by atoms with Crippen LogP contribution in [0.1, 0.15) is 43.4 Å². The van der Waals surface area contributed by atoms with Gasteiger partial charge < -0.3 is 14.4 Å². The number of benzene rings is 1. The molecule has 8 heteroatoms. The zero-order valence-electron chi connectivity index (χ0n) is 18.2. The summed E-state index contributed by atoms with van der Waals surface area (Å²) in [6.07, 6.45) is 9.63. The van der Waals surface area contributed by atoms with Crippen molar-refractivity contribution in [3.05, 3.63) is 63.0 Å². The van der Waals surface area contributed by atoms with Crippen LogP contribution in [0.15, 0.2) is 50.7 Å². The molecule has 1 amide bonds. The predicted octanol–water partition coefficient (Wildman–Crippen LogP) is 4.76. The Balaban J connectivity index is 1.26. The Kier molecular flexibility index (Phi) is 6.29. The maximum absolute atomic E-state index is 12.9. The zero-order valence-corrected chi connectivity index (χ0v) is 19.9. The molecule has 1 saturated carbocycles. The first-order chi connectivity index (χ1) is 16.0. The maximum Gasteiger partial charge on any atom is 0.266 e. The fraction of sp³-hybridized carbons (Fsp3) is 0.400. The number of thioether (sulfide) groups is 1. The van der Waals surface area contributed by atoms with Gasteiger partial charge in [-0.25, -0.2) is 0 Å². The molecule has 2 atom stereocenters. The molecular weight excluding hydrogens is 456 g/mol. The van der Waals surface area contributed by atoms with E-state index >= 15 is 0 Å². The molecule has 3 fully saturated rings. The summed E-state index contributed by atoms with van der Waals surface area (Å²) in [7, 11) is 0. The van der Waals surface area contributed by atoms with Gasteiger partial charge in [0.05, 0.1) is 11.4 Å². The van der Waals surface area contributed by atoms with Gasteiger partial charge in [-0.15, -0.1) is 0 Å². The molecule has 0 spiro atoms. The first-order valence-electron chi connectivity index (χ1n) is 11.4. The standard InChI is InChI=1S/C25H26N2O4S2/c28-21-12-20(31-15-22(21)29)14-27-24(30)23(33-25(27)32)11-16-5-7-19(8-6-16)26-10-9-17-3-1-2-4-18(17)13-26/h5-8,11-12,15,17-18,29H,1-4,9-10,13-14H2/b23-11-/t17-,18-/m1/s1. The van der Waals surface area contributed by atoms with Crippen molar-refractivity contribution in [2.24, 2.45) is 11.8 Å². The summed E-state index contributed by atoms with van der Waals surface area (Å²) >= 11 is 6.61. The van der Waals surface area contributed by atoms with Crippen LogP contribution < -0.4 is 10.3 Å². The second-order valence-electron chi connectivity index (χ2n) is 8.99. The van der Waals surface area contributed by atoms with Gasteiger partial charge in [-0.3, -0.25) is 14.5 Å². The van der Waals surface area contributed by atoms with Crippen LogP contribution in [0, 0.1) is 11.8 Å². The van der Waals surface area contributed by atoms with Crippen molar-refractivity contribution in [2.45, 2.75) is 38.6 Å². The Morgan fingerprint density at radius 2 is 1.88 bits per heavy atom. The molecule has 6 nitrogen and oxygen atoms in total. The van der Waals surface area contributed by atoms with Gasteiger partial charge >= 0.3 is 0 Å². The normalized spacial score (nSPS) is 24.4. The second kappa shape index (κ2) is 9.35. The van der Waals surface area contributed by atoms with Crippen LogP contribution >= 0.6 is 24.0 Å². The molecule has 3 heterocycles. The molecular formula is C25H26N2O4S2. The van der Waals surface area contributed by atoms with Crippen LogP contribution in [-0.4, -0.2) is 33.3 Å². The lowest BCUT2D eigenvalue weighted by atomic mass is 9.75. The fourth-order valence-electron chi connectivity index (χ4n) is 5.09. The molecule has 2 aromatic rings. The SMILES string of the molecule is O=C1/C(=C/c2ccc(N3CC[C@H]4CCCC[C@@H]4C3)cc2)SC(=S)N1Cc1cc(=O)c(O)co1. The Morgan fingerprint density at radius 3 is 2.64 bits per heavy atom. The van der Waals surface area contributed by atoms with Gasteiger partial charge in [-0.1, -0.05) is 55.4 Å². The topological polar surface area (TPSA) is 74.0 Å². The van der Waals surface area contributed by atoms with Crippen LogP contribution in [0.4, 0.5) is 5.69 Å². The molecule has 3 aliphatic rings. The number of piperidine rings is 1. The minimum Gasteiger partial charge on any atom is -0.502 e. The maximum atomic E-state index is 12.9. The third kappa shape index (κ3) is 4.73. The Bertz CT molecular complexity index is 1160. The summed E-state index contributed by atoms with van der Waals surface area (Å²) in [6, 6.07) is 9.55. The van der Waals surface area contributed by atoms with E-state index in [2.05, 4.69) is 17.0 Å². The minimum absolute atomic E-state index is 0.0492. The highest BCUT2D eigenvalue weighted by atomic mass is 32.2. The molecule has 0 bridgehead atoms. The molecule has 0 unspecified atom stereocenters. The van der Waals surface area contributed by atoms with Crippen LogP contribution in [-0.2, 0) is 11.3 Å². The number of fused-ring (bicyclic) bond motifs is 1. The third-order valence-corrected chi connectivity index (χ3v) is 8.28. The van der Waals surface area contributed by atoms with Gasteiger partial charge in [-0.05, 0) is 48.4 Å². The Hall–Kier alpha value is -2.58. The fourth-order valence-corrected chi connectivity index (χ4v) is 6.34.